The van der Waals surface area contributed by atoms with E-state index in [1.165, 1.54) is 32.1 Å². The highest BCUT2D eigenvalue weighted by molar-refractivity contribution is 5.79. The van der Waals surface area contributed by atoms with Gasteiger partial charge in [0.2, 0.25) is 5.91 Å². The van der Waals surface area contributed by atoms with Crippen molar-refractivity contribution in [1.29, 1.82) is 0 Å². The lowest BCUT2D eigenvalue weighted by molar-refractivity contribution is -0.142. The molecule has 1 atom stereocenters. The normalized spacial score (nSPS) is 27.6. The van der Waals surface area contributed by atoms with Gasteiger partial charge in [-0.2, -0.15) is 0 Å². The van der Waals surface area contributed by atoms with Crippen LogP contribution in [-0.2, 0) is 4.79 Å². The quantitative estimate of drug-likeness (QED) is 0.858. The SMILES string of the molecule is CCNCC1CCN(C(=O)C2CCCCC2(C)C)CC1. The topological polar surface area (TPSA) is 32.3 Å². The van der Waals surface area contributed by atoms with E-state index in [9.17, 15) is 4.79 Å². The number of hydrogen-bond acceptors (Lipinski definition) is 2. The van der Waals surface area contributed by atoms with Crippen LogP contribution in [0.1, 0.15) is 59.3 Å². The Morgan fingerprint density at radius 3 is 2.50 bits per heavy atom. The number of hydrogen-bond donors (Lipinski definition) is 1. The van der Waals surface area contributed by atoms with Crippen LogP contribution in [-0.4, -0.2) is 37.0 Å². The van der Waals surface area contributed by atoms with Gasteiger partial charge in [0.1, 0.15) is 0 Å². The fraction of sp³-hybridized carbons (Fsp3) is 0.941. The van der Waals surface area contributed by atoms with Gasteiger partial charge in [0, 0.05) is 19.0 Å². The summed E-state index contributed by atoms with van der Waals surface area (Å²) in [6.45, 7) is 10.8. The zero-order chi connectivity index (χ0) is 14.6. The van der Waals surface area contributed by atoms with Crippen molar-refractivity contribution in [3.05, 3.63) is 0 Å². The highest BCUT2D eigenvalue weighted by Gasteiger charge is 2.39. The minimum absolute atomic E-state index is 0.204. The van der Waals surface area contributed by atoms with Crippen LogP contribution in [0.2, 0.25) is 0 Å². The van der Waals surface area contributed by atoms with Crippen LogP contribution in [0.25, 0.3) is 0 Å². The molecule has 3 heteroatoms. The van der Waals surface area contributed by atoms with Gasteiger partial charge in [-0.15, -0.1) is 0 Å². The lowest BCUT2D eigenvalue weighted by atomic mass is 9.68. The maximum atomic E-state index is 12.8. The van der Waals surface area contributed by atoms with E-state index in [1.54, 1.807) is 0 Å². The summed E-state index contributed by atoms with van der Waals surface area (Å²) in [7, 11) is 0. The Labute approximate surface area is 124 Å². The summed E-state index contributed by atoms with van der Waals surface area (Å²) in [5.74, 6) is 1.47. The Morgan fingerprint density at radius 2 is 1.90 bits per heavy atom. The molecule has 2 fully saturated rings. The molecule has 1 aliphatic heterocycles. The van der Waals surface area contributed by atoms with Crippen molar-refractivity contribution in [3.63, 3.8) is 0 Å². The van der Waals surface area contributed by atoms with Crippen LogP contribution < -0.4 is 5.32 Å². The largest absolute Gasteiger partial charge is 0.342 e. The third-order valence-electron chi connectivity index (χ3n) is 5.41. The molecule has 1 amide bonds. The standard InChI is InChI=1S/C17H32N2O/c1-4-18-13-14-8-11-19(12-9-14)16(20)15-7-5-6-10-17(15,2)3/h14-15,18H,4-13H2,1-3H3. The molecule has 1 N–H and O–H groups in total. The van der Waals surface area contributed by atoms with E-state index in [0.29, 0.717) is 5.91 Å². The number of piperidine rings is 1. The fourth-order valence-electron chi connectivity index (χ4n) is 3.88. The van der Waals surface area contributed by atoms with Crippen LogP contribution in [0.15, 0.2) is 0 Å². The van der Waals surface area contributed by atoms with E-state index >= 15 is 0 Å². The molecule has 1 unspecified atom stereocenters. The van der Waals surface area contributed by atoms with Gasteiger partial charge in [0.05, 0.1) is 0 Å². The molecule has 0 aromatic rings. The summed E-state index contributed by atoms with van der Waals surface area (Å²) in [4.78, 5) is 15.0. The highest BCUT2D eigenvalue weighted by Crippen LogP contribution is 2.41. The summed E-state index contributed by atoms with van der Waals surface area (Å²) in [6, 6.07) is 0. The first kappa shape index (κ1) is 15.8. The van der Waals surface area contributed by atoms with E-state index in [2.05, 4.69) is 31.0 Å². The Kier molecular flexibility index (Phi) is 5.48. The number of nitrogens with zero attached hydrogens (tertiary/aromatic N) is 1. The van der Waals surface area contributed by atoms with Crippen molar-refractivity contribution in [3.8, 4) is 0 Å². The minimum atomic E-state index is 0.204. The molecule has 116 valence electrons. The molecular weight excluding hydrogens is 248 g/mol. The van der Waals surface area contributed by atoms with Crippen molar-refractivity contribution < 1.29 is 4.79 Å². The number of carbonyl (C=O) groups is 1. The van der Waals surface area contributed by atoms with Crippen molar-refractivity contribution in [2.24, 2.45) is 17.3 Å². The van der Waals surface area contributed by atoms with Crippen LogP contribution in [0.5, 0.6) is 0 Å². The zero-order valence-corrected chi connectivity index (χ0v) is 13.6. The lowest BCUT2D eigenvalue weighted by Gasteiger charge is -2.42. The van der Waals surface area contributed by atoms with Gasteiger partial charge in [-0.05, 0) is 50.1 Å². The van der Waals surface area contributed by atoms with E-state index in [4.69, 9.17) is 0 Å². The summed E-state index contributed by atoms with van der Waals surface area (Å²) in [5, 5.41) is 3.44. The van der Waals surface area contributed by atoms with Gasteiger partial charge in [-0.1, -0.05) is 33.6 Å². The molecule has 0 bridgehead atoms. The number of carbonyl (C=O) groups excluding carboxylic acids is 1. The van der Waals surface area contributed by atoms with Crippen molar-refractivity contribution >= 4 is 5.91 Å². The van der Waals surface area contributed by atoms with Gasteiger partial charge in [0.25, 0.3) is 0 Å². The van der Waals surface area contributed by atoms with Crippen LogP contribution >= 0.6 is 0 Å². The van der Waals surface area contributed by atoms with Crippen molar-refractivity contribution in [1.82, 2.24) is 10.2 Å². The second-order valence-corrected chi connectivity index (χ2v) is 7.36. The molecule has 0 aromatic carbocycles. The molecule has 1 saturated carbocycles. The lowest BCUT2D eigenvalue weighted by Crippen LogP contribution is -2.47. The smallest absolute Gasteiger partial charge is 0.226 e. The maximum Gasteiger partial charge on any atom is 0.226 e. The van der Waals surface area contributed by atoms with E-state index in [-0.39, 0.29) is 11.3 Å². The van der Waals surface area contributed by atoms with E-state index in [1.807, 2.05) is 0 Å². The Hall–Kier alpha value is -0.570. The fourth-order valence-corrected chi connectivity index (χ4v) is 3.88. The number of amides is 1. The molecule has 20 heavy (non-hydrogen) atoms. The number of nitrogens with one attached hydrogen (secondary N) is 1. The van der Waals surface area contributed by atoms with E-state index in [0.717, 1.165) is 38.5 Å². The Balaban J connectivity index is 1.85. The molecule has 2 rings (SSSR count). The highest BCUT2D eigenvalue weighted by atomic mass is 16.2. The summed E-state index contributed by atoms with van der Waals surface area (Å²) < 4.78 is 0. The molecule has 2 aliphatic rings. The number of likely N-dealkylation sites (tertiary alicyclic amines) is 1. The van der Waals surface area contributed by atoms with E-state index < -0.39 is 0 Å². The third-order valence-corrected chi connectivity index (χ3v) is 5.41. The van der Waals surface area contributed by atoms with Crippen molar-refractivity contribution in [2.45, 2.75) is 59.3 Å². The molecule has 1 saturated heterocycles. The van der Waals surface area contributed by atoms with Gasteiger partial charge in [-0.25, -0.2) is 0 Å². The second-order valence-electron chi connectivity index (χ2n) is 7.36. The predicted molar refractivity (Wildman–Crippen MR) is 83.6 cm³/mol. The first-order valence-corrected chi connectivity index (χ1v) is 8.54. The molecule has 0 radical (unpaired) electrons. The number of rotatable bonds is 4. The predicted octanol–water partition coefficient (Wildman–Crippen LogP) is 3.05. The minimum Gasteiger partial charge on any atom is -0.342 e. The third kappa shape index (κ3) is 3.75. The maximum absolute atomic E-state index is 12.8. The Bertz CT molecular complexity index is 319. The van der Waals surface area contributed by atoms with Crippen molar-refractivity contribution in [2.75, 3.05) is 26.2 Å². The summed E-state index contributed by atoms with van der Waals surface area (Å²) in [5.41, 5.74) is 0.204. The zero-order valence-electron chi connectivity index (χ0n) is 13.6. The molecule has 0 aromatic heterocycles. The molecular formula is C17H32N2O. The first-order valence-electron chi connectivity index (χ1n) is 8.54. The van der Waals surface area contributed by atoms with Crippen LogP contribution in [0.3, 0.4) is 0 Å². The molecule has 0 spiro atoms. The van der Waals surface area contributed by atoms with Gasteiger partial charge >= 0.3 is 0 Å². The monoisotopic (exact) mass is 280 g/mol. The van der Waals surface area contributed by atoms with Crippen LogP contribution in [0, 0.1) is 17.3 Å². The second kappa shape index (κ2) is 6.93. The average Bonchev–Trinajstić information content (AvgIpc) is 2.44. The first-order chi connectivity index (χ1) is 9.54. The van der Waals surface area contributed by atoms with Crippen LogP contribution in [0.4, 0.5) is 0 Å². The Morgan fingerprint density at radius 1 is 1.20 bits per heavy atom. The summed E-state index contributed by atoms with van der Waals surface area (Å²) >= 11 is 0. The average molecular weight is 280 g/mol. The molecule has 3 nitrogen and oxygen atoms in total. The van der Waals surface area contributed by atoms with Gasteiger partial charge < -0.3 is 10.2 Å². The molecule has 1 aliphatic carbocycles. The summed E-state index contributed by atoms with van der Waals surface area (Å²) in [6.07, 6.45) is 7.18. The van der Waals surface area contributed by atoms with Gasteiger partial charge in [-0.3, -0.25) is 4.79 Å². The molecule has 1 heterocycles. The van der Waals surface area contributed by atoms with Gasteiger partial charge in [0.15, 0.2) is 0 Å².